The van der Waals surface area contributed by atoms with Crippen LogP contribution in [0.25, 0.3) is 0 Å². The number of nitrogens with one attached hydrogen (secondary N) is 2. The van der Waals surface area contributed by atoms with Crippen LogP contribution in [-0.2, 0) is 9.59 Å². The van der Waals surface area contributed by atoms with E-state index in [0.29, 0.717) is 26.1 Å². The molecule has 0 aliphatic rings. The molecule has 8 N–H and O–H groups in total. The molecule has 0 aromatic heterocycles. The Balaban J connectivity index is -0.00000433. The van der Waals surface area contributed by atoms with Crippen molar-refractivity contribution < 1.29 is 34.4 Å². The first-order valence-electron chi connectivity index (χ1n) is 21.9. The van der Waals surface area contributed by atoms with E-state index in [4.69, 9.17) is 22.6 Å². The summed E-state index contributed by atoms with van der Waals surface area (Å²) in [5.41, 5.74) is 16.9. The van der Waals surface area contributed by atoms with E-state index >= 15 is 0 Å². The van der Waals surface area contributed by atoms with Crippen LogP contribution in [0.1, 0.15) is 214 Å². The molecule has 0 saturated heterocycles. The summed E-state index contributed by atoms with van der Waals surface area (Å²) in [4.78, 5) is 31.6. The van der Waals surface area contributed by atoms with E-state index in [1.807, 2.05) is 4.90 Å². The smallest absolute Gasteiger partial charge is 0.264 e. The predicted octanol–water partition coefficient (Wildman–Crippen LogP) is 4.49. The monoisotopic (exact) mass is 818 g/mol. The number of rotatable bonds is 39. The van der Waals surface area contributed by atoms with Crippen molar-refractivity contribution in [3.63, 3.8) is 0 Å². The third-order valence-electron chi connectivity index (χ3n) is 9.99. The van der Waals surface area contributed by atoms with Crippen molar-refractivity contribution in [3.8, 4) is 0 Å². The van der Waals surface area contributed by atoms with E-state index in [1.54, 1.807) is 0 Å². The normalized spacial score (nSPS) is 11.3. The fourth-order valence-corrected chi connectivity index (χ4v) is 6.59. The molecule has 11 heteroatoms. The molecule has 0 bridgehead atoms. The summed E-state index contributed by atoms with van der Waals surface area (Å²) in [5.74, 6) is -0.613. The van der Waals surface area contributed by atoms with Gasteiger partial charge in [0.25, 0.3) is 5.91 Å². The van der Waals surface area contributed by atoms with Gasteiger partial charge in [0.15, 0.2) is 5.96 Å². The average molecular weight is 819 g/mol. The van der Waals surface area contributed by atoms with E-state index < -0.39 is 11.9 Å². The van der Waals surface area contributed by atoms with Crippen LogP contribution in [0.15, 0.2) is 17.1 Å². The maximum absolute atomic E-state index is 13.4. The number of nitrogens with two attached hydrogens (primary N) is 3. The summed E-state index contributed by atoms with van der Waals surface area (Å²) in [6, 6.07) is -0.820. The molecule has 0 radical (unpaired) electrons. The molecule has 0 heterocycles. The van der Waals surface area contributed by atoms with Gasteiger partial charge in [-0.05, 0) is 51.4 Å². The second kappa shape index (κ2) is 46.5. The highest BCUT2D eigenvalue weighted by atomic mass is 35.5. The van der Waals surface area contributed by atoms with Crippen LogP contribution in [0, 0.1) is 5.41 Å². The topological polar surface area (TPSA) is 164 Å². The number of nitrogens with zero attached hydrogens (tertiary/aromatic N) is 2. The highest BCUT2D eigenvalue weighted by Crippen LogP contribution is 2.14. The highest BCUT2D eigenvalue weighted by molar-refractivity contribution is 6.37. The molecular weight excluding hydrogens is 729 g/mol. The lowest BCUT2D eigenvalue weighted by molar-refractivity contribution is -0.132. The van der Waals surface area contributed by atoms with Crippen molar-refractivity contribution >= 4 is 23.5 Å². The lowest BCUT2D eigenvalue weighted by atomic mass is 10.0. The zero-order valence-electron chi connectivity index (χ0n) is 35.0. The Morgan fingerprint density at radius 1 is 0.618 bits per heavy atom. The lowest BCUT2D eigenvalue weighted by Gasteiger charge is -2.26. The quantitative estimate of drug-likeness (QED) is 0.0267. The molecule has 0 saturated carbocycles. The molecule has 0 rings (SSSR count). The third-order valence-corrected chi connectivity index (χ3v) is 9.99. The Hall–Kier alpha value is -1.84. The first-order valence-corrected chi connectivity index (χ1v) is 21.9. The summed E-state index contributed by atoms with van der Waals surface area (Å²) in [6.45, 7) is 6.35. The number of amides is 2. The number of guanidine groups is 1. The summed E-state index contributed by atoms with van der Waals surface area (Å²) < 4.78 is 0. The highest BCUT2D eigenvalue weighted by Gasteiger charge is 2.22. The van der Waals surface area contributed by atoms with Gasteiger partial charge in [0.05, 0.1) is 5.71 Å². The minimum Gasteiger partial charge on any atom is -1.00 e. The molecule has 9 nitrogen and oxygen atoms in total. The van der Waals surface area contributed by atoms with E-state index in [-0.39, 0.29) is 62.8 Å². The van der Waals surface area contributed by atoms with Gasteiger partial charge < -0.3 is 52.2 Å². The number of halogens is 2. The van der Waals surface area contributed by atoms with Gasteiger partial charge in [-0.3, -0.25) is 20.0 Å². The second-order valence-electron chi connectivity index (χ2n) is 15.1. The summed E-state index contributed by atoms with van der Waals surface area (Å²) in [5, 5.41) is 10.7. The van der Waals surface area contributed by atoms with Gasteiger partial charge in [-0.2, -0.15) is 0 Å². The predicted molar refractivity (Wildman–Crippen MR) is 232 cm³/mol. The Labute approximate surface area is 352 Å². The number of carbonyl (C=O) groups excluding carboxylic acids is 2. The number of hydrogen-bond donors (Lipinski definition) is 5. The molecule has 55 heavy (non-hydrogen) atoms. The Bertz CT molecular complexity index is 917. The number of unbranched alkanes of at least 4 members (excludes halogenated alkanes) is 25. The zero-order chi connectivity index (χ0) is 38.3. The maximum atomic E-state index is 13.4. The first kappa shape index (κ1) is 59.8. The van der Waals surface area contributed by atoms with E-state index in [1.165, 1.54) is 154 Å². The molecule has 0 aromatic rings. The van der Waals surface area contributed by atoms with Gasteiger partial charge in [0, 0.05) is 26.2 Å². The van der Waals surface area contributed by atoms with Gasteiger partial charge in [-0.15, -0.1) is 0 Å². The molecule has 1 atom stereocenters. The number of hydrogen-bond acceptors (Lipinski definition) is 5. The summed E-state index contributed by atoms with van der Waals surface area (Å²) >= 11 is 0. The Morgan fingerprint density at radius 2 is 0.982 bits per heavy atom. The lowest BCUT2D eigenvalue weighted by Crippen LogP contribution is -3.00. The molecule has 0 aliphatic heterocycles. The number of allylic oxidation sites excluding steroid dienone is 2. The van der Waals surface area contributed by atoms with E-state index in [2.05, 4.69) is 36.3 Å². The first-order chi connectivity index (χ1) is 25.3. The van der Waals surface area contributed by atoms with Gasteiger partial charge in [-0.25, -0.2) is 0 Å². The van der Waals surface area contributed by atoms with Gasteiger partial charge in [-0.1, -0.05) is 175 Å². The molecule has 0 aliphatic carbocycles. The van der Waals surface area contributed by atoms with Crippen LogP contribution in [0.4, 0.5) is 0 Å². The van der Waals surface area contributed by atoms with E-state index in [0.717, 1.165) is 25.7 Å². The molecule has 0 fully saturated rings. The minimum absolute atomic E-state index is 0. The number of carbonyl (C=O) groups is 2. The number of aliphatic imine (C=N–C) groups is 1. The average Bonchev–Trinajstić information content (AvgIpc) is 3.13. The summed E-state index contributed by atoms with van der Waals surface area (Å²) in [7, 11) is 0. The third kappa shape index (κ3) is 41.6. The Kier molecular flexibility index (Phi) is 50.6. The van der Waals surface area contributed by atoms with Crippen LogP contribution in [0.2, 0.25) is 0 Å². The van der Waals surface area contributed by atoms with Crippen molar-refractivity contribution in [2.45, 2.75) is 220 Å². The Morgan fingerprint density at radius 3 is 1.36 bits per heavy atom. The molecular formula is C44H89Cl2N7O2-2. The standard InChI is InChI=1S/C43H85N7O2.CH4.2ClH/c1-3-5-7-9-11-13-15-17-19-20-22-24-26-28-30-32-37-50(36-31-29-27-25-23-21-18-16-14-12-10-8-6-4-2)42(52)40(45)38-49-41(51)39(44)34-33-35-48-43(46)47;;;/h17,19,40,44H,3-16,18,20-38,45H2,1-2H3,(H,49,51)(H4,46,47,48);1H4;2*1H/p-2/b19-17-,44-39?;;;. The van der Waals surface area contributed by atoms with Crippen molar-refractivity contribution in [1.82, 2.24) is 10.2 Å². The zero-order valence-corrected chi connectivity index (χ0v) is 36.5. The van der Waals surface area contributed by atoms with Crippen LogP contribution in [0.3, 0.4) is 0 Å². The molecule has 328 valence electrons. The minimum atomic E-state index is -0.820. The van der Waals surface area contributed by atoms with Crippen molar-refractivity contribution in [2.24, 2.45) is 22.2 Å². The van der Waals surface area contributed by atoms with Crippen LogP contribution < -0.4 is 47.3 Å². The van der Waals surface area contributed by atoms with Gasteiger partial charge in [0.1, 0.15) is 6.04 Å². The molecule has 0 spiro atoms. The van der Waals surface area contributed by atoms with Crippen molar-refractivity contribution in [1.29, 1.82) is 5.41 Å². The van der Waals surface area contributed by atoms with E-state index in [9.17, 15) is 9.59 Å². The van der Waals surface area contributed by atoms with Crippen LogP contribution in [-0.4, -0.2) is 60.6 Å². The molecule has 0 aromatic carbocycles. The second-order valence-corrected chi connectivity index (χ2v) is 15.1. The van der Waals surface area contributed by atoms with Crippen molar-refractivity contribution in [2.75, 3.05) is 26.2 Å². The van der Waals surface area contributed by atoms with Crippen LogP contribution in [0.5, 0.6) is 0 Å². The fraction of sp³-hybridized carbons (Fsp3) is 0.864. The SMILES string of the molecule is C.CCCCCCCC/C=C\CCCCCCCCN(CCCCCCCCCCCCCCCC)C(=O)C(N)CNC(=O)C(=N)CCCN=C(N)N.[Cl-].[Cl-]. The summed E-state index contributed by atoms with van der Waals surface area (Å²) in [6.07, 6.45) is 41.3. The maximum Gasteiger partial charge on any atom is 0.264 e. The molecule has 2 amide bonds. The van der Waals surface area contributed by atoms with Crippen LogP contribution >= 0.6 is 0 Å². The largest absolute Gasteiger partial charge is 1.00 e. The van der Waals surface area contributed by atoms with Gasteiger partial charge >= 0.3 is 0 Å². The molecule has 1 unspecified atom stereocenters. The van der Waals surface area contributed by atoms with Crippen molar-refractivity contribution in [3.05, 3.63) is 12.2 Å². The fourth-order valence-electron chi connectivity index (χ4n) is 6.59. The van der Waals surface area contributed by atoms with Gasteiger partial charge in [0.2, 0.25) is 5.91 Å².